The van der Waals surface area contributed by atoms with Gasteiger partial charge in [0.1, 0.15) is 0 Å². The molecule has 1 aliphatic rings. The normalized spacial score (nSPS) is 16.0. The van der Waals surface area contributed by atoms with E-state index in [1.165, 1.54) is 0 Å². The Morgan fingerprint density at radius 3 is 2.75 bits per heavy atom. The molecule has 1 saturated heterocycles. The average molecular weight is 329 g/mol. The second kappa shape index (κ2) is 7.81. The van der Waals surface area contributed by atoms with Crippen molar-refractivity contribution in [3.63, 3.8) is 0 Å². The van der Waals surface area contributed by atoms with Gasteiger partial charge in [0.2, 0.25) is 0 Å². The maximum absolute atomic E-state index is 12.6. The third-order valence-electron chi connectivity index (χ3n) is 4.58. The topological polar surface area (TPSA) is 46.5 Å². The van der Waals surface area contributed by atoms with Crippen LogP contribution in [0.1, 0.15) is 36.7 Å². The quantitative estimate of drug-likeness (QED) is 0.829. The maximum atomic E-state index is 12.6. The van der Waals surface area contributed by atoms with Crippen molar-refractivity contribution in [2.45, 2.75) is 26.3 Å². The SMILES string of the molecule is CC(C)n1cc(C(=O)NCCCN2CCOCC2)c2ccccc21. The molecule has 0 unspecified atom stereocenters. The molecule has 5 heteroatoms. The minimum atomic E-state index is 0.0209. The predicted octanol–water partition coefficient (Wildman–Crippen LogP) is 2.67. The number of morpholine rings is 1. The Bertz CT molecular complexity index is 687. The van der Waals surface area contributed by atoms with Crippen molar-refractivity contribution < 1.29 is 9.53 Å². The van der Waals surface area contributed by atoms with Crippen LogP contribution in [0.3, 0.4) is 0 Å². The molecule has 1 amide bonds. The number of para-hydroxylation sites is 1. The van der Waals surface area contributed by atoms with Crippen molar-refractivity contribution in [2.24, 2.45) is 0 Å². The van der Waals surface area contributed by atoms with E-state index in [0.717, 1.165) is 55.7 Å². The number of carbonyl (C=O) groups excluding carboxylic acids is 1. The third kappa shape index (κ3) is 3.79. The van der Waals surface area contributed by atoms with Crippen molar-refractivity contribution in [3.05, 3.63) is 36.0 Å². The predicted molar refractivity (Wildman–Crippen MR) is 96.5 cm³/mol. The molecule has 0 aliphatic carbocycles. The molecule has 130 valence electrons. The first-order valence-electron chi connectivity index (χ1n) is 8.84. The average Bonchev–Trinajstić information content (AvgIpc) is 2.99. The third-order valence-corrected chi connectivity index (χ3v) is 4.58. The van der Waals surface area contributed by atoms with E-state index in [1.54, 1.807) is 0 Å². The first-order valence-corrected chi connectivity index (χ1v) is 8.84. The Morgan fingerprint density at radius 1 is 1.25 bits per heavy atom. The lowest BCUT2D eigenvalue weighted by Gasteiger charge is -2.26. The Morgan fingerprint density at radius 2 is 2.00 bits per heavy atom. The first kappa shape index (κ1) is 17.0. The molecule has 3 rings (SSSR count). The Hall–Kier alpha value is -1.85. The van der Waals surface area contributed by atoms with E-state index in [0.29, 0.717) is 12.6 Å². The molecule has 0 atom stereocenters. The van der Waals surface area contributed by atoms with E-state index in [-0.39, 0.29) is 5.91 Å². The number of nitrogens with zero attached hydrogens (tertiary/aromatic N) is 2. The van der Waals surface area contributed by atoms with Crippen LogP contribution in [0, 0.1) is 0 Å². The highest BCUT2D eigenvalue weighted by atomic mass is 16.5. The number of hydrogen-bond acceptors (Lipinski definition) is 3. The van der Waals surface area contributed by atoms with Gasteiger partial charge in [0.05, 0.1) is 18.8 Å². The molecular formula is C19H27N3O2. The van der Waals surface area contributed by atoms with Gasteiger partial charge in [-0.15, -0.1) is 0 Å². The van der Waals surface area contributed by atoms with E-state index in [1.807, 2.05) is 24.4 Å². The van der Waals surface area contributed by atoms with Crippen molar-refractivity contribution >= 4 is 16.8 Å². The molecule has 24 heavy (non-hydrogen) atoms. The van der Waals surface area contributed by atoms with Crippen LogP contribution in [0.15, 0.2) is 30.5 Å². The molecule has 1 N–H and O–H groups in total. The van der Waals surface area contributed by atoms with Crippen LogP contribution in [0.25, 0.3) is 10.9 Å². The number of benzene rings is 1. The molecule has 0 spiro atoms. The van der Waals surface area contributed by atoms with Gasteiger partial charge in [-0.2, -0.15) is 0 Å². The van der Waals surface area contributed by atoms with Crippen LogP contribution in [-0.4, -0.2) is 54.8 Å². The summed E-state index contributed by atoms with van der Waals surface area (Å²) in [5.74, 6) is 0.0209. The monoisotopic (exact) mass is 329 g/mol. The van der Waals surface area contributed by atoms with Gasteiger partial charge >= 0.3 is 0 Å². The lowest BCUT2D eigenvalue weighted by molar-refractivity contribution is 0.0374. The minimum absolute atomic E-state index is 0.0209. The standard InChI is InChI=1S/C19H27N3O2/c1-15(2)22-14-17(16-6-3-4-7-18(16)22)19(23)20-8-5-9-21-10-12-24-13-11-21/h3-4,6-7,14-15H,5,8-13H2,1-2H3,(H,20,23). The highest BCUT2D eigenvalue weighted by Crippen LogP contribution is 2.24. The summed E-state index contributed by atoms with van der Waals surface area (Å²) in [5, 5.41) is 4.10. The van der Waals surface area contributed by atoms with Crippen LogP contribution in [0.2, 0.25) is 0 Å². The molecule has 1 aromatic heterocycles. The van der Waals surface area contributed by atoms with Gasteiger partial charge in [-0.3, -0.25) is 9.69 Å². The van der Waals surface area contributed by atoms with Gasteiger partial charge < -0.3 is 14.6 Å². The van der Waals surface area contributed by atoms with Crippen molar-refractivity contribution in [1.29, 1.82) is 0 Å². The molecule has 5 nitrogen and oxygen atoms in total. The fourth-order valence-corrected chi connectivity index (χ4v) is 3.24. The zero-order chi connectivity index (χ0) is 16.9. The summed E-state index contributed by atoms with van der Waals surface area (Å²) in [4.78, 5) is 15.0. The summed E-state index contributed by atoms with van der Waals surface area (Å²) in [6, 6.07) is 8.44. The highest BCUT2D eigenvalue weighted by Gasteiger charge is 2.16. The number of amides is 1. The molecule has 2 heterocycles. The number of carbonyl (C=O) groups is 1. The van der Waals surface area contributed by atoms with Gasteiger partial charge in [0.15, 0.2) is 0 Å². The van der Waals surface area contributed by atoms with E-state index in [2.05, 4.69) is 34.7 Å². The van der Waals surface area contributed by atoms with E-state index < -0.39 is 0 Å². The molecule has 1 fully saturated rings. The fraction of sp³-hybridized carbons (Fsp3) is 0.526. The zero-order valence-electron chi connectivity index (χ0n) is 14.6. The van der Waals surface area contributed by atoms with Gasteiger partial charge in [-0.05, 0) is 32.9 Å². The van der Waals surface area contributed by atoms with Crippen LogP contribution in [0.4, 0.5) is 0 Å². The smallest absolute Gasteiger partial charge is 0.253 e. The van der Waals surface area contributed by atoms with Gasteiger partial charge in [0, 0.05) is 42.8 Å². The van der Waals surface area contributed by atoms with E-state index in [9.17, 15) is 4.79 Å². The number of ether oxygens (including phenoxy) is 1. The number of fused-ring (bicyclic) bond motifs is 1. The molecule has 1 aromatic carbocycles. The van der Waals surface area contributed by atoms with E-state index >= 15 is 0 Å². The first-order chi connectivity index (χ1) is 11.7. The largest absolute Gasteiger partial charge is 0.379 e. The second-order valence-electron chi connectivity index (χ2n) is 6.62. The van der Waals surface area contributed by atoms with Gasteiger partial charge in [0.25, 0.3) is 5.91 Å². The molecule has 0 saturated carbocycles. The maximum Gasteiger partial charge on any atom is 0.253 e. The van der Waals surface area contributed by atoms with Gasteiger partial charge in [-0.25, -0.2) is 0 Å². The minimum Gasteiger partial charge on any atom is -0.379 e. The van der Waals surface area contributed by atoms with Crippen LogP contribution in [-0.2, 0) is 4.74 Å². The Kier molecular flexibility index (Phi) is 5.53. The molecule has 0 radical (unpaired) electrons. The Labute approximate surface area is 143 Å². The van der Waals surface area contributed by atoms with Crippen molar-refractivity contribution in [2.75, 3.05) is 39.4 Å². The number of rotatable bonds is 6. The molecule has 0 bridgehead atoms. The summed E-state index contributed by atoms with van der Waals surface area (Å²) in [6.07, 6.45) is 2.95. The zero-order valence-corrected chi connectivity index (χ0v) is 14.6. The highest BCUT2D eigenvalue weighted by molar-refractivity contribution is 6.07. The summed E-state index contributed by atoms with van der Waals surface area (Å²) in [7, 11) is 0. The summed E-state index contributed by atoms with van der Waals surface area (Å²) >= 11 is 0. The lowest BCUT2D eigenvalue weighted by Crippen LogP contribution is -2.38. The molecule has 1 aliphatic heterocycles. The lowest BCUT2D eigenvalue weighted by atomic mass is 10.1. The summed E-state index contributed by atoms with van der Waals surface area (Å²) < 4.78 is 7.52. The Balaban J connectivity index is 1.59. The second-order valence-corrected chi connectivity index (χ2v) is 6.62. The van der Waals surface area contributed by atoms with Crippen LogP contribution in [0.5, 0.6) is 0 Å². The van der Waals surface area contributed by atoms with E-state index in [4.69, 9.17) is 4.74 Å². The van der Waals surface area contributed by atoms with Gasteiger partial charge in [-0.1, -0.05) is 18.2 Å². The number of aromatic nitrogens is 1. The van der Waals surface area contributed by atoms with Crippen molar-refractivity contribution in [1.82, 2.24) is 14.8 Å². The summed E-state index contributed by atoms with van der Waals surface area (Å²) in [5.41, 5.74) is 1.89. The fourth-order valence-electron chi connectivity index (χ4n) is 3.24. The van der Waals surface area contributed by atoms with Crippen LogP contribution < -0.4 is 5.32 Å². The molecule has 2 aromatic rings. The summed E-state index contributed by atoms with van der Waals surface area (Å²) in [6.45, 7) is 9.62. The van der Waals surface area contributed by atoms with Crippen molar-refractivity contribution in [3.8, 4) is 0 Å². The van der Waals surface area contributed by atoms with Crippen LogP contribution >= 0.6 is 0 Å². The number of nitrogens with one attached hydrogen (secondary N) is 1. The molecular weight excluding hydrogens is 302 g/mol. The number of hydrogen-bond donors (Lipinski definition) is 1.